The van der Waals surface area contributed by atoms with E-state index in [0.717, 1.165) is 14.2 Å². The van der Waals surface area contributed by atoms with Crippen LogP contribution in [0.5, 0.6) is 0 Å². The van der Waals surface area contributed by atoms with E-state index in [1.54, 1.807) is 55.5 Å². The number of carbonyl (C=O) groups excluding carboxylic acids is 2. The lowest BCUT2D eigenvalue weighted by atomic mass is 10.0. The third kappa shape index (κ3) is 5.64. The molecule has 0 aromatic heterocycles. The number of amides is 1. The molecule has 1 amide bonds. The molecule has 178 valence electrons. The number of hydrogen-bond acceptors (Lipinski definition) is 4. The number of carbonyl (C=O) groups is 2. The molecule has 0 fully saturated rings. The van der Waals surface area contributed by atoms with E-state index in [-0.39, 0.29) is 17.0 Å². The molecule has 3 rings (SSSR count). The maximum absolute atomic E-state index is 13.1. The van der Waals surface area contributed by atoms with Gasteiger partial charge in [-0.2, -0.15) is 12.7 Å². The molecule has 0 unspecified atom stereocenters. The molecule has 0 saturated heterocycles. The van der Waals surface area contributed by atoms with Gasteiger partial charge in [0.15, 0.2) is 5.78 Å². The van der Waals surface area contributed by atoms with E-state index in [0.29, 0.717) is 21.8 Å². The molecule has 9 heteroatoms. The van der Waals surface area contributed by atoms with Crippen molar-refractivity contribution in [2.24, 2.45) is 0 Å². The Morgan fingerprint density at radius 1 is 0.941 bits per heavy atom. The topological polar surface area (TPSA) is 86.8 Å². The van der Waals surface area contributed by atoms with Crippen LogP contribution in [0.1, 0.15) is 27.0 Å². The number of ketones is 1. The van der Waals surface area contributed by atoms with Crippen LogP contribution >= 0.6 is 11.6 Å². The van der Waals surface area contributed by atoms with E-state index in [9.17, 15) is 18.0 Å². The Balaban J connectivity index is 1.95. The van der Waals surface area contributed by atoms with Crippen LogP contribution in [-0.4, -0.2) is 45.1 Å². The SMILES string of the molecule is Cc1ccc(C)c(N(CC(=O)Nc2ccc(Cl)cc2C(=O)c2ccccc2)S(=O)(=O)N(C)C)c1. The van der Waals surface area contributed by atoms with Crippen molar-refractivity contribution in [3.63, 3.8) is 0 Å². The van der Waals surface area contributed by atoms with E-state index in [1.807, 2.05) is 13.0 Å². The first-order valence-corrected chi connectivity index (χ1v) is 12.2. The number of rotatable bonds is 8. The molecule has 0 spiro atoms. The predicted octanol–water partition coefficient (Wildman–Crippen LogP) is 4.44. The molecule has 0 aliphatic carbocycles. The molecule has 3 aromatic carbocycles. The molecule has 0 heterocycles. The lowest BCUT2D eigenvalue weighted by Crippen LogP contribution is -2.44. The largest absolute Gasteiger partial charge is 0.324 e. The van der Waals surface area contributed by atoms with Gasteiger partial charge in [-0.15, -0.1) is 0 Å². The number of nitrogens with one attached hydrogen (secondary N) is 1. The zero-order valence-corrected chi connectivity index (χ0v) is 20.9. The number of nitrogens with zero attached hydrogens (tertiary/aromatic N) is 2. The van der Waals surface area contributed by atoms with Gasteiger partial charge in [0.2, 0.25) is 5.91 Å². The quantitative estimate of drug-likeness (QED) is 0.464. The maximum atomic E-state index is 13.1. The Labute approximate surface area is 205 Å². The number of anilines is 2. The first-order chi connectivity index (χ1) is 16.0. The lowest BCUT2D eigenvalue weighted by molar-refractivity contribution is -0.114. The van der Waals surface area contributed by atoms with E-state index in [4.69, 9.17) is 11.6 Å². The normalized spacial score (nSPS) is 11.4. The summed E-state index contributed by atoms with van der Waals surface area (Å²) in [7, 11) is -1.17. The first kappa shape index (κ1) is 25.4. The second kappa shape index (κ2) is 10.4. The molecule has 3 aromatic rings. The van der Waals surface area contributed by atoms with Crippen LogP contribution in [0.3, 0.4) is 0 Å². The smallest absolute Gasteiger partial charge is 0.304 e. The molecular weight excluding hydrogens is 474 g/mol. The summed E-state index contributed by atoms with van der Waals surface area (Å²) < 4.78 is 28.3. The van der Waals surface area contributed by atoms with Crippen molar-refractivity contribution in [3.05, 3.63) is 94.0 Å². The highest BCUT2D eigenvalue weighted by molar-refractivity contribution is 7.90. The maximum Gasteiger partial charge on any atom is 0.304 e. The summed E-state index contributed by atoms with van der Waals surface area (Å²) in [6, 6.07) is 18.6. The average Bonchev–Trinajstić information content (AvgIpc) is 2.80. The van der Waals surface area contributed by atoms with Crippen LogP contribution in [0.15, 0.2) is 66.7 Å². The summed E-state index contributed by atoms with van der Waals surface area (Å²) in [5, 5.41) is 3.03. The molecule has 0 radical (unpaired) electrons. The van der Waals surface area contributed by atoms with Crippen LogP contribution < -0.4 is 9.62 Å². The van der Waals surface area contributed by atoms with Crippen molar-refractivity contribution in [3.8, 4) is 0 Å². The lowest BCUT2D eigenvalue weighted by Gasteiger charge is -2.28. The minimum atomic E-state index is -3.98. The van der Waals surface area contributed by atoms with Crippen molar-refractivity contribution in [1.29, 1.82) is 0 Å². The van der Waals surface area contributed by atoms with E-state index < -0.39 is 22.7 Å². The Bertz CT molecular complexity index is 1330. The van der Waals surface area contributed by atoms with Crippen LogP contribution in [0.2, 0.25) is 5.02 Å². The number of halogens is 1. The number of hydrogen-bond donors (Lipinski definition) is 1. The highest BCUT2D eigenvalue weighted by atomic mass is 35.5. The fourth-order valence-electron chi connectivity index (χ4n) is 3.35. The van der Waals surface area contributed by atoms with E-state index in [2.05, 4.69) is 5.32 Å². The standard InChI is InChI=1S/C25H26ClN3O4S/c1-17-10-11-18(2)23(14-17)29(34(32,33)28(3)4)16-24(30)27-22-13-12-20(26)15-21(22)25(31)19-8-6-5-7-9-19/h5-15H,16H2,1-4H3,(H,27,30). The Kier molecular flexibility index (Phi) is 7.76. The zero-order chi connectivity index (χ0) is 25.0. The van der Waals surface area contributed by atoms with Gasteiger partial charge >= 0.3 is 10.2 Å². The summed E-state index contributed by atoms with van der Waals surface area (Å²) in [6.07, 6.45) is 0. The molecule has 0 saturated carbocycles. The molecule has 0 aliphatic heterocycles. The van der Waals surface area contributed by atoms with Crippen LogP contribution in [0.25, 0.3) is 0 Å². The Morgan fingerprint density at radius 3 is 2.26 bits per heavy atom. The minimum Gasteiger partial charge on any atom is -0.324 e. The van der Waals surface area contributed by atoms with E-state index >= 15 is 0 Å². The van der Waals surface area contributed by atoms with Gasteiger partial charge in [-0.1, -0.05) is 54.1 Å². The van der Waals surface area contributed by atoms with Crippen molar-refractivity contribution >= 4 is 44.9 Å². The molecular formula is C25H26ClN3O4S. The molecule has 34 heavy (non-hydrogen) atoms. The van der Waals surface area contributed by atoms with Crippen LogP contribution in [0, 0.1) is 13.8 Å². The van der Waals surface area contributed by atoms with Crippen molar-refractivity contribution in [2.75, 3.05) is 30.3 Å². The highest BCUT2D eigenvalue weighted by Crippen LogP contribution is 2.27. The van der Waals surface area contributed by atoms with Crippen LogP contribution in [0.4, 0.5) is 11.4 Å². The second-order valence-electron chi connectivity index (χ2n) is 8.02. The van der Waals surface area contributed by atoms with Crippen LogP contribution in [-0.2, 0) is 15.0 Å². The van der Waals surface area contributed by atoms with Gasteiger partial charge in [-0.3, -0.25) is 9.59 Å². The summed E-state index contributed by atoms with van der Waals surface area (Å²) in [4.78, 5) is 26.1. The number of benzene rings is 3. The second-order valence-corrected chi connectivity index (χ2v) is 10.5. The monoisotopic (exact) mass is 499 g/mol. The minimum absolute atomic E-state index is 0.209. The van der Waals surface area contributed by atoms with Gasteiger partial charge in [-0.05, 0) is 49.2 Å². The summed E-state index contributed by atoms with van der Waals surface area (Å²) in [5.74, 6) is -0.915. The highest BCUT2D eigenvalue weighted by Gasteiger charge is 2.29. The number of aryl methyl sites for hydroxylation is 2. The van der Waals surface area contributed by atoms with Crippen molar-refractivity contribution < 1.29 is 18.0 Å². The third-order valence-electron chi connectivity index (χ3n) is 5.20. The van der Waals surface area contributed by atoms with Gasteiger partial charge < -0.3 is 5.32 Å². The zero-order valence-electron chi connectivity index (χ0n) is 19.4. The van der Waals surface area contributed by atoms with Gasteiger partial charge in [-0.25, -0.2) is 4.31 Å². The molecule has 0 aliphatic rings. The van der Waals surface area contributed by atoms with Gasteiger partial charge in [0.25, 0.3) is 0 Å². The molecule has 7 nitrogen and oxygen atoms in total. The van der Waals surface area contributed by atoms with Crippen molar-refractivity contribution in [2.45, 2.75) is 13.8 Å². The fraction of sp³-hybridized carbons (Fsp3) is 0.200. The molecule has 0 atom stereocenters. The predicted molar refractivity (Wildman–Crippen MR) is 136 cm³/mol. The average molecular weight is 500 g/mol. The fourth-order valence-corrected chi connectivity index (χ4v) is 4.65. The van der Waals surface area contributed by atoms with Gasteiger partial charge in [0.1, 0.15) is 6.54 Å². The third-order valence-corrected chi connectivity index (χ3v) is 7.24. The summed E-state index contributed by atoms with van der Waals surface area (Å²) >= 11 is 6.12. The first-order valence-electron chi connectivity index (χ1n) is 10.5. The Morgan fingerprint density at radius 2 is 1.62 bits per heavy atom. The van der Waals surface area contributed by atoms with E-state index in [1.165, 1.54) is 26.2 Å². The van der Waals surface area contributed by atoms with Gasteiger partial charge in [0.05, 0.1) is 11.4 Å². The molecule has 0 bridgehead atoms. The molecule has 1 N–H and O–H groups in total. The Hall–Kier alpha value is -3.20. The van der Waals surface area contributed by atoms with Crippen molar-refractivity contribution in [1.82, 2.24) is 4.31 Å². The summed E-state index contributed by atoms with van der Waals surface area (Å²) in [6.45, 7) is 3.14. The summed E-state index contributed by atoms with van der Waals surface area (Å²) in [5.41, 5.74) is 2.85. The van der Waals surface area contributed by atoms with Gasteiger partial charge in [0, 0.05) is 30.2 Å².